The average molecular weight is 452 g/mol. The van der Waals surface area contributed by atoms with Crippen molar-refractivity contribution in [3.63, 3.8) is 0 Å². The minimum Gasteiger partial charge on any atom is -0.324 e. The molecule has 4 aliphatic heterocycles. The molecule has 0 radical (unpaired) electrons. The lowest BCUT2D eigenvalue weighted by Gasteiger charge is -2.36. The van der Waals surface area contributed by atoms with Crippen LogP contribution in [0.1, 0.15) is 18.4 Å². The highest BCUT2D eigenvalue weighted by molar-refractivity contribution is 9.10. The van der Waals surface area contributed by atoms with Gasteiger partial charge in [0.1, 0.15) is 5.54 Å². The van der Waals surface area contributed by atoms with Crippen LogP contribution in [0.15, 0.2) is 53.0 Å². The van der Waals surface area contributed by atoms with E-state index < -0.39 is 17.4 Å². The molecule has 3 amide bonds. The third-order valence-corrected chi connectivity index (χ3v) is 7.46. The molecule has 0 aromatic heterocycles. The lowest BCUT2D eigenvalue weighted by atomic mass is 9.75. The Morgan fingerprint density at radius 1 is 1.03 bits per heavy atom. The second kappa shape index (κ2) is 5.77. The van der Waals surface area contributed by atoms with Gasteiger partial charge in [-0.1, -0.05) is 34.1 Å². The van der Waals surface area contributed by atoms with E-state index in [0.29, 0.717) is 12.2 Å². The van der Waals surface area contributed by atoms with Crippen LogP contribution in [0.2, 0.25) is 0 Å². The van der Waals surface area contributed by atoms with Crippen molar-refractivity contribution in [1.29, 1.82) is 0 Å². The summed E-state index contributed by atoms with van der Waals surface area (Å²) in [5.74, 6) is -1.86. The first-order valence-electron chi connectivity index (χ1n) is 9.86. The maximum Gasteiger partial charge on any atom is 0.250 e. The van der Waals surface area contributed by atoms with Crippen LogP contribution in [0.5, 0.6) is 0 Å². The Morgan fingerprint density at radius 3 is 2.62 bits per heavy atom. The molecule has 7 heteroatoms. The molecule has 0 bridgehead atoms. The lowest BCUT2D eigenvalue weighted by molar-refractivity contribution is -0.135. The number of nitrogens with zero attached hydrogens (tertiary/aromatic N) is 2. The van der Waals surface area contributed by atoms with Gasteiger partial charge in [0, 0.05) is 21.8 Å². The van der Waals surface area contributed by atoms with Crippen LogP contribution in [0.25, 0.3) is 0 Å². The Bertz CT molecular complexity index is 1090. The molecular formula is C22H18BrN3O3. The normalized spacial score (nSPS) is 32.7. The number of anilines is 2. The molecule has 1 N–H and O–H groups in total. The smallest absolute Gasteiger partial charge is 0.250 e. The molecule has 3 saturated heterocycles. The quantitative estimate of drug-likeness (QED) is 0.676. The molecule has 29 heavy (non-hydrogen) atoms. The first-order valence-corrected chi connectivity index (χ1v) is 10.7. The molecule has 0 aliphatic carbocycles. The number of imide groups is 1. The number of benzene rings is 2. The summed E-state index contributed by atoms with van der Waals surface area (Å²) in [5, 5.41) is 2.99. The Balaban J connectivity index is 1.58. The monoisotopic (exact) mass is 451 g/mol. The minimum absolute atomic E-state index is 0.0964. The zero-order chi connectivity index (χ0) is 19.9. The maximum atomic E-state index is 13.7. The van der Waals surface area contributed by atoms with Gasteiger partial charge in [0.05, 0.1) is 17.5 Å². The van der Waals surface area contributed by atoms with E-state index >= 15 is 0 Å². The predicted octanol–water partition coefficient (Wildman–Crippen LogP) is 2.88. The number of halogens is 1. The van der Waals surface area contributed by atoms with Gasteiger partial charge >= 0.3 is 0 Å². The van der Waals surface area contributed by atoms with Gasteiger partial charge in [0.15, 0.2) is 0 Å². The predicted molar refractivity (Wildman–Crippen MR) is 110 cm³/mol. The van der Waals surface area contributed by atoms with Crippen molar-refractivity contribution in [3.8, 4) is 0 Å². The van der Waals surface area contributed by atoms with Gasteiger partial charge in [0.2, 0.25) is 17.7 Å². The van der Waals surface area contributed by atoms with Crippen LogP contribution in [-0.2, 0) is 19.9 Å². The summed E-state index contributed by atoms with van der Waals surface area (Å²) >= 11 is 3.52. The summed E-state index contributed by atoms with van der Waals surface area (Å²) in [6.45, 7) is 0.711. The van der Waals surface area contributed by atoms with Crippen LogP contribution < -0.4 is 10.2 Å². The summed E-state index contributed by atoms with van der Waals surface area (Å²) in [4.78, 5) is 44.2. The molecule has 4 aliphatic rings. The molecule has 0 saturated carbocycles. The van der Waals surface area contributed by atoms with E-state index in [0.717, 1.165) is 28.6 Å². The molecule has 6 rings (SSSR count). The van der Waals surface area contributed by atoms with Gasteiger partial charge in [-0.25, -0.2) is 4.90 Å². The van der Waals surface area contributed by atoms with Crippen LogP contribution in [0, 0.1) is 11.8 Å². The standard InChI is InChI=1S/C22H18BrN3O3/c23-12-8-9-15-14(11-12)22(21(29)24-15)18-17(16-7-4-10-25(16)22)19(27)26(20(18)28)13-5-2-1-3-6-13/h1-3,5-6,8-9,11,16-18H,4,7,10H2,(H,24,29)/t16-,17+,18+,22+/m0/s1. The highest BCUT2D eigenvalue weighted by Gasteiger charge is 2.74. The average Bonchev–Trinajstić information content (AvgIpc) is 3.41. The van der Waals surface area contributed by atoms with Gasteiger partial charge in [-0.2, -0.15) is 0 Å². The SMILES string of the molecule is O=C1[C@@H]2[C@@H]3CCCN3[C@@]3(C(=O)Nc4ccc(Br)cc43)[C@H]2C(=O)N1c1ccccc1. The Kier molecular flexibility index (Phi) is 3.45. The minimum atomic E-state index is -1.12. The fraction of sp³-hybridized carbons (Fsp3) is 0.318. The molecule has 1 spiro atoms. The number of amides is 3. The molecular weight excluding hydrogens is 434 g/mol. The number of para-hydroxylation sites is 1. The van der Waals surface area contributed by atoms with Gasteiger partial charge in [-0.15, -0.1) is 0 Å². The molecule has 146 valence electrons. The highest BCUT2D eigenvalue weighted by Crippen LogP contribution is 2.60. The largest absolute Gasteiger partial charge is 0.324 e. The number of rotatable bonds is 1. The maximum absolute atomic E-state index is 13.7. The van der Waals surface area contributed by atoms with Gasteiger partial charge in [-0.3, -0.25) is 19.3 Å². The van der Waals surface area contributed by atoms with Crippen molar-refractivity contribution in [2.45, 2.75) is 24.4 Å². The van der Waals surface area contributed by atoms with Gasteiger partial charge in [-0.05, 0) is 49.7 Å². The molecule has 0 unspecified atom stereocenters. The fourth-order valence-corrected chi connectivity index (χ4v) is 6.37. The summed E-state index contributed by atoms with van der Waals surface area (Å²) < 4.78 is 0.850. The second-order valence-corrected chi connectivity index (χ2v) is 9.08. The van der Waals surface area contributed by atoms with Crippen LogP contribution in [0.3, 0.4) is 0 Å². The number of fused-ring (bicyclic) bond motifs is 7. The molecule has 2 aromatic rings. The van der Waals surface area contributed by atoms with E-state index in [1.165, 1.54) is 4.90 Å². The molecule has 4 heterocycles. The number of nitrogens with one attached hydrogen (secondary N) is 1. The van der Waals surface area contributed by atoms with E-state index in [9.17, 15) is 14.4 Å². The third kappa shape index (κ3) is 1.97. The van der Waals surface area contributed by atoms with Gasteiger partial charge < -0.3 is 5.32 Å². The zero-order valence-electron chi connectivity index (χ0n) is 15.5. The second-order valence-electron chi connectivity index (χ2n) is 8.16. The van der Waals surface area contributed by atoms with Crippen molar-refractivity contribution in [3.05, 3.63) is 58.6 Å². The molecule has 3 fully saturated rings. The molecule has 4 atom stereocenters. The van der Waals surface area contributed by atoms with E-state index in [2.05, 4.69) is 26.1 Å². The van der Waals surface area contributed by atoms with E-state index in [1.54, 1.807) is 12.1 Å². The molecule has 2 aromatic carbocycles. The van der Waals surface area contributed by atoms with Crippen molar-refractivity contribution >= 4 is 45.0 Å². The summed E-state index contributed by atoms with van der Waals surface area (Å²) in [7, 11) is 0. The van der Waals surface area contributed by atoms with E-state index in [1.807, 2.05) is 36.4 Å². The Labute approximate surface area is 176 Å². The van der Waals surface area contributed by atoms with Crippen molar-refractivity contribution < 1.29 is 14.4 Å². The van der Waals surface area contributed by atoms with E-state index in [4.69, 9.17) is 0 Å². The topological polar surface area (TPSA) is 69.7 Å². The van der Waals surface area contributed by atoms with Crippen LogP contribution in [-0.4, -0.2) is 35.2 Å². The Hall–Kier alpha value is -2.51. The number of hydrogen-bond acceptors (Lipinski definition) is 4. The number of hydrogen-bond donors (Lipinski definition) is 1. The third-order valence-electron chi connectivity index (χ3n) is 6.97. The highest BCUT2D eigenvalue weighted by atomic mass is 79.9. The number of carbonyl (C=O) groups is 3. The van der Waals surface area contributed by atoms with Gasteiger partial charge in [0.25, 0.3) is 0 Å². The Morgan fingerprint density at radius 2 is 1.83 bits per heavy atom. The fourth-order valence-electron chi connectivity index (χ4n) is 6.01. The van der Waals surface area contributed by atoms with E-state index in [-0.39, 0.29) is 23.8 Å². The zero-order valence-corrected chi connectivity index (χ0v) is 17.1. The first kappa shape index (κ1) is 17.4. The molecule has 6 nitrogen and oxygen atoms in total. The first-order chi connectivity index (χ1) is 14.0. The van der Waals surface area contributed by atoms with Crippen LogP contribution >= 0.6 is 15.9 Å². The van der Waals surface area contributed by atoms with Crippen LogP contribution in [0.4, 0.5) is 11.4 Å². The van der Waals surface area contributed by atoms with Crippen molar-refractivity contribution in [2.75, 3.05) is 16.8 Å². The summed E-state index contributed by atoms with van der Waals surface area (Å²) in [5.41, 5.74) is 0.973. The lowest BCUT2D eigenvalue weighted by Crippen LogP contribution is -2.54. The van der Waals surface area contributed by atoms with Crippen molar-refractivity contribution in [1.82, 2.24) is 4.90 Å². The summed E-state index contributed by atoms with van der Waals surface area (Å²) in [6.07, 6.45) is 1.74. The number of carbonyl (C=O) groups excluding carboxylic acids is 3. The van der Waals surface area contributed by atoms with Crippen molar-refractivity contribution in [2.24, 2.45) is 11.8 Å². The summed E-state index contributed by atoms with van der Waals surface area (Å²) in [6, 6.07) is 14.6.